The minimum absolute atomic E-state index is 0.0486. The van der Waals surface area contributed by atoms with Gasteiger partial charge in [-0.15, -0.1) is 0 Å². The molecule has 21 heavy (non-hydrogen) atoms. The van der Waals surface area contributed by atoms with Crippen LogP contribution in [0.4, 0.5) is 0 Å². The van der Waals surface area contributed by atoms with Crippen LogP contribution >= 0.6 is 0 Å². The van der Waals surface area contributed by atoms with E-state index < -0.39 is 15.7 Å². The highest BCUT2D eigenvalue weighted by Crippen LogP contribution is 2.19. The van der Waals surface area contributed by atoms with Crippen molar-refractivity contribution in [1.29, 1.82) is 0 Å². The molecule has 6 nitrogen and oxygen atoms in total. The van der Waals surface area contributed by atoms with Gasteiger partial charge >= 0.3 is 0 Å². The molecule has 1 saturated heterocycles. The van der Waals surface area contributed by atoms with Crippen LogP contribution in [0.25, 0.3) is 0 Å². The van der Waals surface area contributed by atoms with Gasteiger partial charge in [0, 0.05) is 12.2 Å². The van der Waals surface area contributed by atoms with Crippen molar-refractivity contribution in [1.82, 2.24) is 10.3 Å². The molecular formula is C14H18N2O4S. The zero-order valence-electron chi connectivity index (χ0n) is 11.6. The van der Waals surface area contributed by atoms with E-state index in [0.717, 1.165) is 30.5 Å². The summed E-state index contributed by atoms with van der Waals surface area (Å²) in [4.78, 5) is 26.8. The van der Waals surface area contributed by atoms with Gasteiger partial charge in [-0.05, 0) is 43.2 Å². The van der Waals surface area contributed by atoms with Crippen molar-refractivity contribution >= 4 is 15.7 Å². The van der Waals surface area contributed by atoms with Gasteiger partial charge in [-0.3, -0.25) is 9.59 Å². The Labute approximate surface area is 122 Å². The number of pyridine rings is 1. The number of carbonyl (C=O) groups is 1. The number of fused-ring (bicyclic) bond motifs is 1. The Balaban J connectivity index is 1.68. The Morgan fingerprint density at radius 1 is 1.38 bits per heavy atom. The summed E-state index contributed by atoms with van der Waals surface area (Å²) in [5, 5.41) is 2.69. The first-order valence-corrected chi connectivity index (χ1v) is 9.00. The van der Waals surface area contributed by atoms with E-state index in [2.05, 4.69) is 10.3 Å². The van der Waals surface area contributed by atoms with Crippen molar-refractivity contribution < 1.29 is 13.2 Å². The average molecular weight is 310 g/mol. The van der Waals surface area contributed by atoms with Gasteiger partial charge in [0.25, 0.3) is 11.5 Å². The molecule has 0 saturated carbocycles. The highest BCUT2D eigenvalue weighted by molar-refractivity contribution is 7.91. The fraction of sp³-hybridized carbons (Fsp3) is 0.571. The minimum Gasteiger partial charge on any atom is -0.352 e. The van der Waals surface area contributed by atoms with Crippen LogP contribution in [-0.2, 0) is 22.7 Å². The number of carbonyl (C=O) groups excluding carboxylic acids is 1. The van der Waals surface area contributed by atoms with Gasteiger partial charge in [0.15, 0.2) is 9.84 Å². The number of hydrogen-bond donors (Lipinski definition) is 2. The number of aromatic nitrogens is 1. The predicted molar refractivity (Wildman–Crippen MR) is 78.2 cm³/mol. The van der Waals surface area contributed by atoms with E-state index >= 15 is 0 Å². The largest absolute Gasteiger partial charge is 0.352 e. The molecule has 1 aromatic rings. The monoisotopic (exact) mass is 310 g/mol. The Kier molecular flexibility index (Phi) is 3.61. The van der Waals surface area contributed by atoms with Crippen LogP contribution in [0.5, 0.6) is 0 Å². The highest BCUT2D eigenvalue weighted by Gasteiger charge is 2.28. The van der Waals surface area contributed by atoms with E-state index in [1.165, 1.54) is 0 Å². The summed E-state index contributed by atoms with van der Waals surface area (Å²) >= 11 is 0. The second-order valence-corrected chi connectivity index (χ2v) is 8.08. The van der Waals surface area contributed by atoms with E-state index in [1.54, 1.807) is 6.07 Å². The number of aromatic amines is 1. The van der Waals surface area contributed by atoms with E-state index in [9.17, 15) is 18.0 Å². The number of hydrogen-bond acceptors (Lipinski definition) is 4. The Hall–Kier alpha value is -1.63. The number of H-pyrrole nitrogens is 1. The molecule has 114 valence electrons. The van der Waals surface area contributed by atoms with Gasteiger partial charge in [0.2, 0.25) is 0 Å². The van der Waals surface area contributed by atoms with Crippen molar-refractivity contribution in [3.05, 3.63) is 33.2 Å². The topological polar surface area (TPSA) is 96.1 Å². The van der Waals surface area contributed by atoms with Crippen LogP contribution in [0.3, 0.4) is 0 Å². The Bertz CT molecular complexity index is 736. The average Bonchev–Trinajstić information content (AvgIpc) is 3.00. The smallest absolute Gasteiger partial charge is 0.261 e. The fourth-order valence-electron chi connectivity index (χ4n) is 3.05. The van der Waals surface area contributed by atoms with Crippen molar-refractivity contribution in [2.45, 2.75) is 25.7 Å². The summed E-state index contributed by atoms with van der Waals surface area (Å²) in [7, 11) is -2.94. The maximum Gasteiger partial charge on any atom is 0.261 e. The first kappa shape index (κ1) is 14.3. The Morgan fingerprint density at radius 2 is 2.19 bits per heavy atom. The maximum atomic E-state index is 12.1. The molecule has 1 amide bonds. The Morgan fingerprint density at radius 3 is 2.90 bits per heavy atom. The lowest BCUT2D eigenvalue weighted by atomic mass is 10.1. The molecule has 2 N–H and O–H groups in total. The second-order valence-electron chi connectivity index (χ2n) is 5.85. The molecule has 0 radical (unpaired) electrons. The van der Waals surface area contributed by atoms with E-state index in [0.29, 0.717) is 13.0 Å². The summed E-state index contributed by atoms with van der Waals surface area (Å²) < 4.78 is 22.7. The van der Waals surface area contributed by atoms with Crippen molar-refractivity contribution in [2.24, 2.45) is 5.92 Å². The highest BCUT2D eigenvalue weighted by atomic mass is 32.2. The first-order valence-electron chi connectivity index (χ1n) is 7.18. The fourth-order valence-corrected chi connectivity index (χ4v) is 4.91. The zero-order valence-corrected chi connectivity index (χ0v) is 12.5. The van der Waals surface area contributed by atoms with Crippen molar-refractivity contribution in [2.75, 3.05) is 18.1 Å². The number of sulfone groups is 1. The van der Waals surface area contributed by atoms with E-state index in [1.807, 2.05) is 0 Å². The number of aryl methyl sites for hydroxylation is 2. The summed E-state index contributed by atoms with van der Waals surface area (Å²) in [6.07, 6.45) is 3.30. The van der Waals surface area contributed by atoms with Crippen LogP contribution in [0.15, 0.2) is 10.9 Å². The van der Waals surface area contributed by atoms with Gasteiger partial charge in [-0.2, -0.15) is 0 Å². The summed E-state index contributed by atoms with van der Waals surface area (Å²) in [5.41, 5.74) is 1.71. The normalized spacial score (nSPS) is 23.0. The molecule has 0 spiro atoms. The van der Waals surface area contributed by atoms with Crippen LogP contribution in [0, 0.1) is 5.92 Å². The molecule has 1 aliphatic carbocycles. The van der Waals surface area contributed by atoms with Gasteiger partial charge in [-0.1, -0.05) is 0 Å². The molecule has 0 bridgehead atoms. The number of amides is 1. The van der Waals surface area contributed by atoms with Gasteiger partial charge in [0.05, 0.1) is 11.5 Å². The van der Waals surface area contributed by atoms with Gasteiger partial charge in [0.1, 0.15) is 5.56 Å². The number of nitrogens with one attached hydrogen (secondary N) is 2. The third-order valence-electron chi connectivity index (χ3n) is 4.21. The summed E-state index contributed by atoms with van der Waals surface area (Å²) in [6, 6.07) is 1.67. The molecule has 3 rings (SSSR count). The van der Waals surface area contributed by atoms with Crippen molar-refractivity contribution in [3.8, 4) is 0 Å². The quantitative estimate of drug-likeness (QED) is 0.823. The molecule has 2 heterocycles. The SMILES string of the molecule is O=C(NC[C@@H]1CCS(=O)(=O)C1)c1cc2c([nH]c1=O)CCC2. The number of rotatable bonds is 3. The van der Waals surface area contributed by atoms with Gasteiger partial charge in [-0.25, -0.2) is 8.42 Å². The molecule has 7 heteroatoms. The molecular weight excluding hydrogens is 292 g/mol. The van der Waals surface area contributed by atoms with Crippen LogP contribution in [0.2, 0.25) is 0 Å². The molecule has 1 aromatic heterocycles. The lowest BCUT2D eigenvalue weighted by Crippen LogP contribution is -2.34. The molecule has 1 aliphatic heterocycles. The lowest BCUT2D eigenvalue weighted by molar-refractivity contribution is 0.0947. The third kappa shape index (κ3) is 3.02. The lowest BCUT2D eigenvalue weighted by Gasteiger charge is -2.10. The molecule has 1 atom stereocenters. The first-order chi connectivity index (χ1) is 9.94. The second kappa shape index (κ2) is 5.29. The van der Waals surface area contributed by atoms with Crippen LogP contribution in [0.1, 0.15) is 34.5 Å². The molecule has 0 unspecified atom stereocenters. The standard InChI is InChI=1S/C14H18N2O4S/c17-13(15-7-9-4-5-21(19,20)8-9)11-6-10-2-1-3-12(10)16-14(11)18/h6,9H,1-5,7-8H2,(H,15,17)(H,16,18)/t9-/m0/s1. The third-order valence-corrected chi connectivity index (χ3v) is 6.05. The minimum atomic E-state index is -2.94. The van der Waals surface area contributed by atoms with Gasteiger partial charge < -0.3 is 10.3 Å². The van der Waals surface area contributed by atoms with E-state index in [4.69, 9.17) is 0 Å². The van der Waals surface area contributed by atoms with Crippen LogP contribution < -0.4 is 10.9 Å². The molecule has 2 aliphatic rings. The zero-order chi connectivity index (χ0) is 15.0. The van der Waals surface area contributed by atoms with E-state index in [-0.39, 0.29) is 28.5 Å². The predicted octanol–water partition coefficient (Wildman–Crippen LogP) is 0.0281. The maximum absolute atomic E-state index is 12.1. The molecule has 1 fully saturated rings. The van der Waals surface area contributed by atoms with Crippen LogP contribution in [-0.4, -0.2) is 37.4 Å². The van der Waals surface area contributed by atoms with Crippen molar-refractivity contribution in [3.63, 3.8) is 0 Å². The summed E-state index contributed by atoms with van der Waals surface area (Å²) in [5.74, 6) is -0.163. The molecule has 0 aromatic carbocycles. The summed E-state index contributed by atoms with van der Waals surface area (Å²) in [6.45, 7) is 0.300.